The molecule has 0 bridgehead atoms. The van der Waals surface area contributed by atoms with Crippen LogP contribution in [0.25, 0.3) is 5.69 Å². The van der Waals surface area contributed by atoms with Gasteiger partial charge in [-0.15, -0.1) is 0 Å². The highest BCUT2D eigenvalue weighted by Gasteiger charge is 2.10. The maximum absolute atomic E-state index is 12.4. The summed E-state index contributed by atoms with van der Waals surface area (Å²) in [6.07, 6.45) is 11.1. The number of para-hydroxylation sites is 1. The number of aromatic nitrogens is 2. The predicted octanol–water partition coefficient (Wildman–Crippen LogP) is 3.75. The third-order valence-electron chi connectivity index (χ3n) is 3.70. The monoisotopic (exact) mass is 372 g/mol. The van der Waals surface area contributed by atoms with Gasteiger partial charge in [0.25, 0.3) is 5.56 Å². The fourth-order valence-electron chi connectivity index (χ4n) is 2.43. The zero-order valence-electron chi connectivity index (χ0n) is 12.5. The molecule has 0 amide bonds. The number of hydrogen-bond donors (Lipinski definition) is 1. The fraction of sp³-hybridized carbons (Fsp3) is 0.235. The molecular formula is C17H17BrN4O. The molecule has 1 aromatic heterocycles. The third kappa shape index (κ3) is 3.76. The van der Waals surface area contributed by atoms with Gasteiger partial charge in [-0.3, -0.25) is 10.2 Å². The maximum Gasteiger partial charge on any atom is 0.287 e. The van der Waals surface area contributed by atoms with Crippen molar-refractivity contribution >= 4 is 27.8 Å². The van der Waals surface area contributed by atoms with Crippen LogP contribution in [0.2, 0.25) is 0 Å². The number of nitrogens with one attached hydrogen (secondary N) is 1. The lowest BCUT2D eigenvalue weighted by molar-refractivity contribution is 0.627. The van der Waals surface area contributed by atoms with Gasteiger partial charge in [-0.1, -0.05) is 30.4 Å². The fourth-order valence-corrected chi connectivity index (χ4v) is 2.79. The van der Waals surface area contributed by atoms with Crippen LogP contribution in [0.15, 0.2) is 63.0 Å². The first-order valence-corrected chi connectivity index (χ1v) is 8.32. The van der Waals surface area contributed by atoms with Crippen molar-refractivity contribution in [1.82, 2.24) is 9.78 Å². The van der Waals surface area contributed by atoms with Gasteiger partial charge in [0.1, 0.15) is 4.47 Å². The molecule has 118 valence electrons. The molecular weight excluding hydrogens is 356 g/mol. The Morgan fingerprint density at radius 1 is 1.30 bits per heavy atom. The van der Waals surface area contributed by atoms with Gasteiger partial charge in [0.05, 0.1) is 17.6 Å². The predicted molar refractivity (Wildman–Crippen MR) is 96.1 cm³/mol. The molecule has 1 atom stereocenters. The molecule has 1 aliphatic carbocycles. The van der Waals surface area contributed by atoms with E-state index in [2.05, 4.69) is 43.7 Å². The van der Waals surface area contributed by atoms with Crippen molar-refractivity contribution in [3.63, 3.8) is 0 Å². The Labute approximate surface area is 142 Å². The largest absolute Gasteiger partial charge is 0.287 e. The number of hydrogen-bond acceptors (Lipinski definition) is 4. The van der Waals surface area contributed by atoms with E-state index < -0.39 is 0 Å². The number of halogens is 1. The van der Waals surface area contributed by atoms with E-state index in [1.807, 2.05) is 36.5 Å². The standard InChI is InChI=1S/C17H17BrN4O/c18-16-15(21-19-11-13-7-3-1-4-8-13)12-20-22(17(16)23)14-9-5-2-6-10-14/h1-3,5-6,9-13,21H,4,7-8H2/b19-11-/t13-/m1/s1. The van der Waals surface area contributed by atoms with Crippen molar-refractivity contribution in [2.75, 3.05) is 5.43 Å². The van der Waals surface area contributed by atoms with E-state index in [1.54, 1.807) is 6.20 Å². The number of hydrazone groups is 1. The van der Waals surface area contributed by atoms with Crippen LogP contribution in [0.1, 0.15) is 19.3 Å². The van der Waals surface area contributed by atoms with E-state index in [-0.39, 0.29) is 5.56 Å². The number of allylic oxidation sites excluding steroid dienone is 2. The summed E-state index contributed by atoms with van der Waals surface area (Å²) in [5.41, 5.74) is 3.96. The minimum Gasteiger partial charge on any atom is -0.276 e. The Kier molecular flexibility index (Phi) is 5.02. The first-order valence-electron chi connectivity index (χ1n) is 7.53. The van der Waals surface area contributed by atoms with Crippen LogP contribution in [-0.2, 0) is 0 Å². The Morgan fingerprint density at radius 3 is 2.87 bits per heavy atom. The van der Waals surface area contributed by atoms with Crippen molar-refractivity contribution in [2.45, 2.75) is 19.3 Å². The molecule has 23 heavy (non-hydrogen) atoms. The van der Waals surface area contributed by atoms with Crippen LogP contribution in [0.4, 0.5) is 5.69 Å². The van der Waals surface area contributed by atoms with Gasteiger partial charge in [-0.2, -0.15) is 14.9 Å². The summed E-state index contributed by atoms with van der Waals surface area (Å²) in [4.78, 5) is 12.4. The van der Waals surface area contributed by atoms with E-state index in [9.17, 15) is 4.79 Å². The number of rotatable bonds is 4. The summed E-state index contributed by atoms with van der Waals surface area (Å²) in [6.45, 7) is 0. The molecule has 5 nitrogen and oxygen atoms in total. The Balaban J connectivity index is 1.77. The molecule has 1 aliphatic rings. The van der Waals surface area contributed by atoms with Crippen LogP contribution >= 0.6 is 15.9 Å². The minimum absolute atomic E-state index is 0.225. The second-order valence-electron chi connectivity index (χ2n) is 5.36. The van der Waals surface area contributed by atoms with Crippen LogP contribution in [0.3, 0.4) is 0 Å². The Hall–Kier alpha value is -2.21. The lowest BCUT2D eigenvalue weighted by Gasteiger charge is -2.12. The topological polar surface area (TPSA) is 59.3 Å². The third-order valence-corrected chi connectivity index (χ3v) is 4.47. The molecule has 0 unspecified atom stereocenters. The van der Waals surface area contributed by atoms with Crippen LogP contribution in [0, 0.1) is 5.92 Å². The Bertz CT molecular complexity index is 783. The zero-order chi connectivity index (χ0) is 16.1. The highest BCUT2D eigenvalue weighted by molar-refractivity contribution is 9.10. The van der Waals surface area contributed by atoms with Crippen LogP contribution < -0.4 is 11.0 Å². The number of benzene rings is 1. The Morgan fingerprint density at radius 2 is 2.13 bits per heavy atom. The van der Waals surface area contributed by atoms with Crippen LogP contribution in [-0.4, -0.2) is 16.0 Å². The second kappa shape index (κ2) is 7.37. The quantitative estimate of drug-likeness (QED) is 0.505. The number of nitrogens with zero attached hydrogens (tertiary/aromatic N) is 3. The summed E-state index contributed by atoms with van der Waals surface area (Å²) in [7, 11) is 0. The van der Waals surface area contributed by atoms with E-state index in [0.717, 1.165) is 24.9 Å². The molecule has 2 aromatic rings. The first-order chi connectivity index (χ1) is 11.3. The van der Waals surface area contributed by atoms with Gasteiger partial charge >= 0.3 is 0 Å². The summed E-state index contributed by atoms with van der Waals surface area (Å²) < 4.78 is 1.77. The van der Waals surface area contributed by atoms with Crippen molar-refractivity contribution in [3.8, 4) is 5.69 Å². The van der Waals surface area contributed by atoms with E-state index >= 15 is 0 Å². The molecule has 1 heterocycles. The molecule has 0 fully saturated rings. The second-order valence-corrected chi connectivity index (χ2v) is 6.15. The van der Waals surface area contributed by atoms with E-state index in [1.165, 1.54) is 4.68 Å². The molecule has 0 radical (unpaired) electrons. The maximum atomic E-state index is 12.4. The molecule has 1 N–H and O–H groups in total. The molecule has 6 heteroatoms. The molecule has 0 spiro atoms. The van der Waals surface area contributed by atoms with Gasteiger partial charge in [0.2, 0.25) is 0 Å². The van der Waals surface area contributed by atoms with Crippen molar-refractivity contribution in [3.05, 3.63) is 63.5 Å². The summed E-state index contributed by atoms with van der Waals surface area (Å²) in [5.74, 6) is 0.448. The highest BCUT2D eigenvalue weighted by atomic mass is 79.9. The van der Waals surface area contributed by atoms with Crippen molar-refractivity contribution < 1.29 is 0 Å². The average Bonchev–Trinajstić information content (AvgIpc) is 2.60. The molecule has 0 saturated heterocycles. The zero-order valence-corrected chi connectivity index (χ0v) is 14.1. The molecule has 1 aromatic carbocycles. The van der Waals surface area contributed by atoms with Gasteiger partial charge in [-0.25, -0.2) is 0 Å². The molecule has 3 rings (SSSR count). The lowest BCUT2D eigenvalue weighted by Crippen LogP contribution is -2.22. The van der Waals surface area contributed by atoms with Crippen LogP contribution in [0.5, 0.6) is 0 Å². The normalized spacial score (nSPS) is 17.5. The van der Waals surface area contributed by atoms with Crippen molar-refractivity contribution in [1.29, 1.82) is 0 Å². The first kappa shape index (κ1) is 15.7. The van der Waals surface area contributed by atoms with Gasteiger partial charge in [0.15, 0.2) is 0 Å². The van der Waals surface area contributed by atoms with Gasteiger partial charge < -0.3 is 0 Å². The highest BCUT2D eigenvalue weighted by Crippen LogP contribution is 2.19. The SMILES string of the molecule is O=c1c(Br)c(N/N=C\[C@@H]2CC=CCC2)cnn1-c1ccccc1. The molecule has 0 aliphatic heterocycles. The van der Waals surface area contributed by atoms with Gasteiger partial charge in [0, 0.05) is 6.21 Å². The minimum atomic E-state index is -0.225. The smallest absolute Gasteiger partial charge is 0.276 e. The van der Waals surface area contributed by atoms with Gasteiger partial charge in [-0.05, 0) is 53.2 Å². The molecule has 0 saturated carbocycles. The summed E-state index contributed by atoms with van der Waals surface area (Å²) in [6, 6.07) is 9.30. The van der Waals surface area contributed by atoms with E-state index in [0.29, 0.717) is 16.1 Å². The summed E-state index contributed by atoms with van der Waals surface area (Å²) >= 11 is 3.33. The number of anilines is 1. The van der Waals surface area contributed by atoms with E-state index in [4.69, 9.17) is 0 Å². The van der Waals surface area contributed by atoms with Crippen molar-refractivity contribution in [2.24, 2.45) is 11.0 Å². The lowest BCUT2D eigenvalue weighted by atomic mass is 9.96. The average molecular weight is 373 g/mol. The summed E-state index contributed by atoms with van der Waals surface area (Å²) in [5, 5.41) is 8.44.